The van der Waals surface area contributed by atoms with Crippen LogP contribution in [-0.4, -0.2) is 60.4 Å². The van der Waals surface area contributed by atoms with Crippen LogP contribution >= 0.6 is 0 Å². The minimum Gasteiger partial charge on any atom is -0.482 e. The van der Waals surface area contributed by atoms with Crippen LogP contribution in [0.2, 0.25) is 0 Å². The number of carbonyl (C=O) groups excluding carboxylic acids is 3. The quantitative estimate of drug-likeness (QED) is 0.769. The van der Waals surface area contributed by atoms with Crippen molar-refractivity contribution in [2.75, 3.05) is 24.6 Å². The van der Waals surface area contributed by atoms with Gasteiger partial charge in [0, 0.05) is 31.6 Å². The largest absolute Gasteiger partial charge is 0.482 e. The first-order chi connectivity index (χ1) is 12.9. The number of amides is 3. The van der Waals surface area contributed by atoms with Gasteiger partial charge in [0.15, 0.2) is 6.61 Å². The van der Waals surface area contributed by atoms with Gasteiger partial charge >= 0.3 is 0 Å². The molecule has 27 heavy (non-hydrogen) atoms. The molecule has 2 heterocycles. The Morgan fingerprint density at radius 1 is 1.33 bits per heavy atom. The highest BCUT2D eigenvalue weighted by molar-refractivity contribution is 5.98. The lowest BCUT2D eigenvalue weighted by Crippen LogP contribution is -2.48. The van der Waals surface area contributed by atoms with Crippen LogP contribution in [0.1, 0.15) is 26.7 Å². The molecule has 3 rings (SSSR count). The predicted octanol–water partition coefficient (Wildman–Crippen LogP) is 0.255. The van der Waals surface area contributed by atoms with Crippen molar-refractivity contribution in [2.45, 2.75) is 44.8 Å². The zero-order valence-electron chi connectivity index (χ0n) is 15.7. The number of ether oxygens (including phenoxy) is 1. The van der Waals surface area contributed by atoms with Crippen LogP contribution in [0.25, 0.3) is 0 Å². The first-order valence-corrected chi connectivity index (χ1v) is 9.24. The Labute approximate surface area is 158 Å². The van der Waals surface area contributed by atoms with E-state index in [2.05, 4.69) is 5.32 Å². The minimum atomic E-state index is -0.553. The Bertz CT molecular complexity index is 736. The Kier molecular flexibility index (Phi) is 5.65. The molecule has 1 saturated heterocycles. The fourth-order valence-corrected chi connectivity index (χ4v) is 3.52. The summed E-state index contributed by atoms with van der Waals surface area (Å²) in [6.07, 6.45) is 0.571. The third kappa shape index (κ3) is 4.21. The van der Waals surface area contributed by atoms with E-state index in [1.54, 1.807) is 21.9 Å². The zero-order chi connectivity index (χ0) is 19.6. The van der Waals surface area contributed by atoms with Crippen molar-refractivity contribution in [3.8, 4) is 5.75 Å². The lowest BCUT2D eigenvalue weighted by molar-refractivity contribution is -0.138. The third-order valence-corrected chi connectivity index (χ3v) is 4.74. The summed E-state index contributed by atoms with van der Waals surface area (Å²) >= 11 is 0. The second kappa shape index (κ2) is 7.96. The van der Waals surface area contributed by atoms with Crippen molar-refractivity contribution in [1.29, 1.82) is 0 Å². The summed E-state index contributed by atoms with van der Waals surface area (Å²) < 4.78 is 5.42. The number of benzene rings is 1. The number of hydrogen-bond donors (Lipinski definition) is 2. The highest BCUT2D eigenvalue weighted by atomic mass is 16.5. The highest BCUT2D eigenvalue weighted by Crippen LogP contribution is 2.31. The lowest BCUT2D eigenvalue weighted by atomic mass is 10.1. The summed E-state index contributed by atoms with van der Waals surface area (Å²) in [5.74, 6) is 0.0818. The summed E-state index contributed by atoms with van der Waals surface area (Å²) in [5, 5.41) is 2.85. The van der Waals surface area contributed by atoms with E-state index >= 15 is 0 Å². The van der Waals surface area contributed by atoms with Crippen LogP contribution in [0, 0.1) is 0 Å². The molecule has 0 radical (unpaired) electrons. The maximum Gasteiger partial charge on any atom is 0.265 e. The van der Waals surface area contributed by atoms with Gasteiger partial charge in [0.2, 0.25) is 11.8 Å². The van der Waals surface area contributed by atoms with Crippen LogP contribution < -0.4 is 20.7 Å². The van der Waals surface area contributed by atoms with Crippen molar-refractivity contribution >= 4 is 23.4 Å². The molecule has 0 saturated carbocycles. The van der Waals surface area contributed by atoms with Crippen molar-refractivity contribution in [3.63, 3.8) is 0 Å². The van der Waals surface area contributed by atoms with Crippen molar-refractivity contribution < 1.29 is 19.1 Å². The van der Waals surface area contributed by atoms with Crippen LogP contribution in [0.4, 0.5) is 5.69 Å². The molecule has 146 valence electrons. The standard InChI is InChI=1S/C19H26N4O4/c1-12(2)21-19(26)15-9-13(20)10-23(15)17(24)7-8-22-14-5-3-4-6-16(14)27-11-18(22)25/h3-6,12-13,15H,7-11,20H2,1-2H3,(H,21,26)/t13-,15+/m1/s1. The second-order valence-electron chi connectivity index (χ2n) is 7.27. The van der Waals surface area contributed by atoms with E-state index < -0.39 is 6.04 Å². The monoisotopic (exact) mass is 374 g/mol. The molecule has 2 aliphatic rings. The molecular weight excluding hydrogens is 348 g/mol. The Morgan fingerprint density at radius 3 is 2.81 bits per heavy atom. The third-order valence-electron chi connectivity index (χ3n) is 4.74. The number of fused-ring (bicyclic) bond motifs is 1. The molecule has 1 aromatic carbocycles. The van der Waals surface area contributed by atoms with Crippen molar-refractivity contribution in [1.82, 2.24) is 10.2 Å². The van der Waals surface area contributed by atoms with E-state index in [1.807, 2.05) is 26.0 Å². The lowest BCUT2D eigenvalue weighted by Gasteiger charge is -2.30. The molecule has 8 heteroatoms. The topological polar surface area (TPSA) is 105 Å². The molecule has 1 fully saturated rings. The molecule has 8 nitrogen and oxygen atoms in total. The molecule has 0 spiro atoms. The average Bonchev–Trinajstić information content (AvgIpc) is 3.02. The average molecular weight is 374 g/mol. The number of para-hydroxylation sites is 2. The van der Waals surface area contributed by atoms with E-state index in [9.17, 15) is 14.4 Å². The number of likely N-dealkylation sites (tertiary alicyclic amines) is 1. The van der Waals surface area contributed by atoms with Crippen LogP contribution in [0.5, 0.6) is 5.75 Å². The van der Waals surface area contributed by atoms with Gasteiger partial charge in [-0.2, -0.15) is 0 Å². The van der Waals surface area contributed by atoms with E-state index in [0.717, 1.165) is 0 Å². The molecule has 0 unspecified atom stereocenters. The first kappa shape index (κ1) is 19.2. The Morgan fingerprint density at radius 2 is 2.07 bits per heavy atom. The fourth-order valence-electron chi connectivity index (χ4n) is 3.52. The molecule has 0 aromatic heterocycles. The number of anilines is 1. The Balaban J connectivity index is 1.66. The number of hydrogen-bond acceptors (Lipinski definition) is 5. The van der Waals surface area contributed by atoms with Gasteiger partial charge < -0.3 is 25.6 Å². The summed E-state index contributed by atoms with van der Waals surface area (Å²) in [7, 11) is 0. The number of nitrogens with zero attached hydrogens (tertiary/aromatic N) is 2. The molecule has 3 amide bonds. The zero-order valence-corrected chi connectivity index (χ0v) is 15.7. The van der Waals surface area contributed by atoms with Gasteiger partial charge in [-0.1, -0.05) is 12.1 Å². The van der Waals surface area contributed by atoms with Gasteiger partial charge in [-0.15, -0.1) is 0 Å². The number of rotatable bonds is 5. The normalized spacial score (nSPS) is 21.9. The van der Waals surface area contributed by atoms with Gasteiger partial charge in [0.25, 0.3) is 5.91 Å². The van der Waals surface area contributed by atoms with Crippen molar-refractivity contribution in [2.24, 2.45) is 5.73 Å². The predicted molar refractivity (Wildman–Crippen MR) is 100 cm³/mol. The smallest absolute Gasteiger partial charge is 0.265 e. The van der Waals surface area contributed by atoms with Crippen LogP contribution in [0.3, 0.4) is 0 Å². The molecule has 2 aliphatic heterocycles. The molecule has 2 atom stereocenters. The van der Waals surface area contributed by atoms with E-state index in [4.69, 9.17) is 10.5 Å². The van der Waals surface area contributed by atoms with Gasteiger partial charge in [-0.05, 0) is 32.4 Å². The van der Waals surface area contributed by atoms with Crippen molar-refractivity contribution in [3.05, 3.63) is 24.3 Å². The Hall–Kier alpha value is -2.61. The molecule has 0 aliphatic carbocycles. The van der Waals surface area contributed by atoms with Gasteiger partial charge in [0.05, 0.1) is 5.69 Å². The van der Waals surface area contributed by atoms with Crippen LogP contribution in [-0.2, 0) is 14.4 Å². The minimum absolute atomic E-state index is 0.00579. The first-order valence-electron chi connectivity index (χ1n) is 9.24. The highest BCUT2D eigenvalue weighted by Gasteiger charge is 2.38. The maximum absolute atomic E-state index is 12.8. The molecular formula is C19H26N4O4. The second-order valence-corrected chi connectivity index (χ2v) is 7.27. The molecule has 0 bridgehead atoms. The van der Waals surface area contributed by atoms with E-state index in [1.165, 1.54) is 0 Å². The number of carbonyl (C=O) groups is 3. The summed E-state index contributed by atoms with van der Waals surface area (Å²) in [5.41, 5.74) is 6.65. The maximum atomic E-state index is 12.8. The number of nitrogens with two attached hydrogens (primary N) is 1. The summed E-state index contributed by atoms with van der Waals surface area (Å²) in [6.45, 7) is 4.30. The molecule has 1 aromatic rings. The van der Waals surface area contributed by atoms with Gasteiger partial charge in [0.1, 0.15) is 11.8 Å². The van der Waals surface area contributed by atoms with Crippen LogP contribution in [0.15, 0.2) is 24.3 Å². The number of nitrogens with one attached hydrogen (secondary N) is 1. The fraction of sp³-hybridized carbons (Fsp3) is 0.526. The molecule has 3 N–H and O–H groups in total. The SMILES string of the molecule is CC(C)NC(=O)[C@@H]1C[C@@H](N)CN1C(=O)CCN1C(=O)COc2ccccc21. The summed E-state index contributed by atoms with van der Waals surface area (Å²) in [4.78, 5) is 40.5. The van der Waals surface area contributed by atoms with E-state index in [-0.39, 0.29) is 49.4 Å². The summed E-state index contributed by atoms with van der Waals surface area (Å²) in [6, 6.07) is 6.46. The van der Waals surface area contributed by atoms with E-state index in [0.29, 0.717) is 24.4 Å². The van der Waals surface area contributed by atoms with Gasteiger partial charge in [-0.3, -0.25) is 14.4 Å². The van der Waals surface area contributed by atoms with Gasteiger partial charge in [-0.25, -0.2) is 0 Å².